The Morgan fingerprint density at radius 3 is 2.19 bits per heavy atom. The standard InChI is InChI=1S/C15H14ClNO3S/c1-18-12-4-3-5-13(19-2)14(12)20-11-7-6-9(16)8-10(11)15(17)21/h3-8H,1-2H3,(H2,17,21). The molecule has 0 saturated carbocycles. The minimum absolute atomic E-state index is 0.196. The fraction of sp³-hybridized carbons (Fsp3) is 0.133. The maximum atomic E-state index is 5.96. The fourth-order valence-corrected chi connectivity index (χ4v) is 2.14. The van der Waals surface area contributed by atoms with Gasteiger partial charge < -0.3 is 19.9 Å². The summed E-state index contributed by atoms with van der Waals surface area (Å²) in [6, 6.07) is 10.4. The van der Waals surface area contributed by atoms with E-state index in [4.69, 9.17) is 43.8 Å². The van der Waals surface area contributed by atoms with Crippen LogP contribution in [0.25, 0.3) is 0 Å². The van der Waals surface area contributed by atoms with E-state index < -0.39 is 0 Å². The molecule has 0 saturated heterocycles. The smallest absolute Gasteiger partial charge is 0.211 e. The average Bonchev–Trinajstić information content (AvgIpc) is 2.48. The molecular weight excluding hydrogens is 310 g/mol. The van der Waals surface area contributed by atoms with Gasteiger partial charge in [-0.2, -0.15) is 0 Å². The van der Waals surface area contributed by atoms with Crippen LogP contribution in [0.3, 0.4) is 0 Å². The lowest BCUT2D eigenvalue weighted by Crippen LogP contribution is -2.11. The second-order valence-electron chi connectivity index (χ2n) is 4.10. The van der Waals surface area contributed by atoms with E-state index in [1.54, 1.807) is 50.6 Å². The summed E-state index contributed by atoms with van der Waals surface area (Å²) in [5, 5.41) is 0.525. The number of para-hydroxylation sites is 1. The van der Waals surface area contributed by atoms with E-state index in [0.717, 1.165) is 0 Å². The van der Waals surface area contributed by atoms with Crippen molar-refractivity contribution in [2.45, 2.75) is 0 Å². The first-order chi connectivity index (χ1) is 10.1. The Morgan fingerprint density at radius 2 is 1.67 bits per heavy atom. The van der Waals surface area contributed by atoms with Gasteiger partial charge in [0, 0.05) is 5.02 Å². The van der Waals surface area contributed by atoms with E-state index in [-0.39, 0.29) is 4.99 Å². The summed E-state index contributed by atoms with van der Waals surface area (Å²) in [7, 11) is 3.11. The van der Waals surface area contributed by atoms with E-state index >= 15 is 0 Å². The zero-order valence-corrected chi connectivity index (χ0v) is 13.1. The van der Waals surface area contributed by atoms with E-state index in [1.807, 2.05) is 0 Å². The first-order valence-corrected chi connectivity index (χ1v) is 6.83. The predicted molar refractivity (Wildman–Crippen MR) is 87.0 cm³/mol. The number of methoxy groups -OCH3 is 2. The first kappa shape index (κ1) is 15.4. The molecule has 0 aliphatic heterocycles. The van der Waals surface area contributed by atoms with Crippen molar-refractivity contribution in [3.8, 4) is 23.0 Å². The van der Waals surface area contributed by atoms with Gasteiger partial charge in [0.2, 0.25) is 5.75 Å². The van der Waals surface area contributed by atoms with Crippen molar-refractivity contribution in [2.24, 2.45) is 5.73 Å². The molecule has 0 atom stereocenters. The summed E-state index contributed by atoms with van der Waals surface area (Å²) < 4.78 is 16.5. The molecule has 21 heavy (non-hydrogen) atoms. The zero-order chi connectivity index (χ0) is 15.4. The van der Waals surface area contributed by atoms with E-state index in [0.29, 0.717) is 33.6 Å². The third kappa shape index (κ3) is 3.37. The molecule has 6 heteroatoms. The molecule has 0 aliphatic carbocycles. The molecule has 2 N–H and O–H groups in total. The van der Waals surface area contributed by atoms with Crippen molar-refractivity contribution in [3.63, 3.8) is 0 Å². The van der Waals surface area contributed by atoms with Gasteiger partial charge in [0.25, 0.3) is 0 Å². The average molecular weight is 324 g/mol. The van der Waals surface area contributed by atoms with Crippen LogP contribution in [0.2, 0.25) is 5.02 Å². The van der Waals surface area contributed by atoms with Crippen LogP contribution in [0.4, 0.5) is 0 Å². The van der Waals surface area contributed by atoms with Gasteiger partial charge >= 0.3 is 0 Å². The molecule has 0 spiro atoms. The lowest BCUT2D eigenvalue weighted by molar-refractivity contribution is 0.346. The highest BCUT2D eigenvalue weighted by atomic mass is 35.5. The largest absolute Gasteiger partial charge is 0.493 e. The van der Waals surface area contributed by atoms with Crippen molar-refractivity contribution in [1.29, 1.82) is 0 Å². The molecule has 0 aliphatic rings. The SMILES string of the molecule is COc1cccc(OC)c1Oc1ccc(Cl)cc1C(N)=S. The van der Waals surface area contributed by atoms with E-state index in [1.165, 1.54) is 0 Å². The van der Waals surface area contributed by atoms with Crippen molar-refractivity contribution < 1.29 is 14.2 Å². The minimum atomic E-state index is 0.196. The highest BCUT2D eigenvalue weighted by Crippen LogP contribution is 2.41. The van der Waals surface area contributed by atoms with Gasteiger partial charge in [-0.05, 0) is 30.3 Å². The minimum Gasteiger partial charge on any atom is -0.493 e. The van der Waals surface area contributed by atoms with Gasteiger partial charge in [-0.1, -0.05) is 29.9 Å². The Hall–Kier alpha value is -1.98. The molecular formula is C15H14ClNO3S. The molecule has 2 rings (SSSR count). The summed E-state index contributed by atoms with van der Waals surface area (Å²) in [6.45, 7) is 0. The van der Waals surface area contributed by atoms with Crippen LogP contribution in [-0.2, 0) is 0 Å². The molecule has 0 radical (unpaired) electrons. The van der Waals surface area contributed by atoms with Gasteiger partial charge in [-0.3, -0.25) is 0 Å². The highest BCUT2D eigenvalue weighted by molar-refractivity contribution is 7.80. The van der Waals surface area contributed by atoms with E-state index in [2.05, 4.69) is 0 Å². The van der Waals surface area contributed by atoms with Crippen molar-refractivity contribution >= 4 is 28.8 Å². The van der Waals surface area contributed by atoms with Gasteiger partial charge in [-0.25, -0.2) is 0 Å². The Bertz CT molecular complexity index is 654. The molecule has 2 aromatic rings. The molecule has 0 unspecified atom stereocenters. The zero-order valence-electron chi connectivity index (χ0n) is 11.6. The second-order valence-corrected chi connectivity index (χ2v) is 4.97. The van der Waals surface area contributed by atoms with E-state index in [9.17, 15) is 0 Å². The van der Waals surface area contributed by atoms with Crippen LogP contribution in [0.5, 0.6) is 23.0 Å². The number of thiocarbonyl (C=S) groups is 1. The first-order valence-electron chi connectivity index (χ1n) is 6.05. The summed E-state index contributed by atoms with van der Waals surface area (Å²) in [6.07, 6.45) is 0. The third-order valence-electron chi connectivity index (χ3n) is 2.80. The fourth-order valence-electron chi connectivity index (χ4n) is 1.81. The van der Waals surface area contributed by atoms with Crippen LogP contribution in [0.15, 0.2) is 36.4 Å². The normalized spacial score (nSPS) is 10.0. The van der Waals surface area contributed by atoms with Crippen LogP contribution >= 0.6 is 23.8 Å². The monoisotopic (exact) mass is 323 g/mol. The Kier molecular flexibility index (Phi) is 4.88. The Labute approximate surface area is 133 Å². The van der Waals surface area contributed by atoms with Gasteiger partial charge in [0.15, 0.2) is 11.5 Å². The molecule has 2 aromatic carbocycles. The number of nitrogens with two attached hydrogens (primary N) is 1. The van der Waals surface area contributed by atoms with Crippen molar-refractivity contribution in [3.05, 3.63) is 47.0 Å². The molecule has 0 amide bonds. The maximum absolute atomic E-state index is 5.96. The third-order valence-corrected chi connectivity index (χ3v) is 3.26. The number of ether oxygens (including phenoxy) is 3. The predicted octanol–water partition coefficient (Wildman–Crippen LogP) is 3.78. The Morgan fingerprint density at radius 1 is 1.05 bits per heavy atom. The lowest BCUT2D eigenvalue weighted by atomic mass is 10.2. The van der Waals surface area contributed by atoms with Gasteiger partial charge in [0.1, 0.15) is 10.7 Å². The summed E-state index contributed by atoms with van der Waals surface area (Å²) >= 11 is 11.0. The highest BCUT2D eigenvalue weighted by Gasteiger charge is 2.15. The van der Waals surface area contributed by atoms with Crippen LogP contribution in [0.1, 0.15) is 5.56 Å². The van der Waals surface area contributed by atoms with Crippen LogP contribution in [0, 0.1) is 0 Å². The summed E-state index contributed by atoms with van der Waals surface area (Å²) in [4.78, 5) is 0.196. The summed E-state index contributed by atoms with van der Waals surface area (Å²) in [5.41, 5.74) is 6.26. The number of hydrogen-bond acceptors (Lipinski definition) is 4. The van der Waals surface area contributed by atoms with Crippen LogP contribution in [-0.4, -0.2) is 19.2 Å². The summed E-state index contributed by atoms with van der Waals surface area (Å²) in [5.74, 6) is 2.01. The number of benzene rings is 2. The quantitative estimate of drug-likeness (QED) is 0.849. The van der Waals surface area contributed by atoms with Gasteiger partial charge in [-0.15, -0.1) is 0 Å². The molecule has 110 valence electrons. The topological polar surface area (TPSA) is 53.7 Å². The molecule has 0 fully saturated rings. The lowest BCUT2D eigenvalue weighted by Gasteiger charge is -2.15. The number of halogens is 1. The Balaban J connectivity index is 2.50. The molecule has 0 aromatic heterocycles. The van der Waals surface area contributed by atoms with Crippen LogP contribution < -0.4 is 19.9 Å². The number of rotatable bonds is 5. The molecule has 0 heterocycles. The molecule has 4 nitrogen and oxygen atoms in total. The second kappa shape index (κ2) is 6.65. The number of hydrogen-bond donors (Lipinski definition) is 1. The molecule has 0 bridgehead atoms. The van der Waals surface area contributed by atoms with Crippen molar-refractivity contribution in [2.75, 3.05) is 14.2 Å². The maximum Gasteiger partial charge on any atom is 0.211 e. The van der Waals surface area contributed by atoms with Gasteiger partial charge in [0.05, 0.1) is 19.8 Å². The van der Waals surface area contributed by atoms with Crippen molar-refractivity contribution in [1.82, 2.24) is 0 Å².